The number of sulfonamides is 1. The Labute approximate surface area is 189 Å². The van der Waals surface area contributed by atoms with E-state index >= 15 is 0 Å². The van der Waals surface area contributed by atoms with Gasteiger partial charge in [0, 0.05) is 37.2 Å². The quantitative estimate of drug-likeness (QED) is 0.638. The molecule has 3 rings (SSSR count). The highest BCUT2D eigenvalue weighted by Crippen LogP contribution is 2.31. The molecule has 2 heterocycles. The molecule has 1 amide bonds. The number of methoxy groups -OCH3 is 2. The van der Waals surface area contributed by atoms with Crippen molar-refractivity contribution < 1.29 is 27.2 Å². The zero-order valence-electron chi connectivity index (χ0n) is 19.2. The summed E-state index contributed by atoms with van der Waals surface area (Å²) in [5.74, 6) is 1.44. The monoisotopic (exact) mass is 465 g/mol. The largest absolute Gasteiger partial charge is 0.497 e. The molecule has 0 spiro atoms. The molecule has 2 aromatic rings. The van der Waals surface area contributed by atoms with Crippen LogP contribution in [-0.4, -0.2) is 51.1 Å². The van der Waals surface area contributed by atoms with Gasteiger partial charge >= 0.3 is 0 Å². The molecule has 0 radical (unpaired) electrons. The number of carbonyl (C=O) groups is 1. The zero-order chi connectivity index (χ0) is 23.5. The molecule has 32 heavy (non-hydrogen) atoms. The maximum atomic E-state index is 13.0. The molecule has 176 valence electrons. The molecule has 9 nitrogen and oxygen atoms in total. The number of hydrogen-bond donors (Lipinski definition) is 1. The standard InChI is InChI=1S/C22H31N3O6S/c1-14(22(26)23-13-18-6-7-19(29-4)12-20(18)30-5)17-8-10-25(11-9-17)32(27,28)21-15(2)24-31-16(21)3/h6-7,12,14,17H,8-11,13H2,1-5H3,(H,23,26)/t14-/m0/s1. The molecule has 1 aromatic heterocycles. The van der Waals surface area contributed by atoms with Crippen LogP contribution < -0.4 is 14.8 Å². The second-order valence-corrected chi connectivity index (χ2v) is 9.95. The van der Waals surface area contributed by atoms with Crippen molar-refractivity contribution in [1.29, 1.82) is 0 Å². The summed E-state index contributed by atoms with van der Waals surface area (Å²) >= 11 is 0. The number of nitrogens with zero attached hydrogens (tertiary/aromatic N) is 2. The summed E-state index contributed by atoms with van der Waals surface area (Å²) < 4.78 is 43.1. The number of nitrogens with one attached hydrogen (secondary N) is 1. The molecule has 1 aliphatic heterocycles. The van der Waals surface area contributed by atoms with Crippen molar-refractivity contribution in [2.45, 2.75) is 45.1 Å². The SMILES string of the molecule is COc1ccc(CNC(=O)[C@@H](C)C2CCN(S(=O)(=O)c3c(C)noc3C)CC2)c(OC)c1. The molecule has 10 heteroatoms. The Morgan fingerprint density at radius 2 is 1.94 bits per heavy atom. The minimum atomic E-state index is -3.66. The second kappa shape index (κ2) is 9.91. The predicted molar refractivity (Wildman–Crippen MR) is 118 cm³/mol. The number of hydrogen-bond acceptors (Lipinski definition) is 7. The van der Waals surface area contributed by atoms with E-state index in [0.717, 1.165) is 5.56 Å². The van der Waals surface area contributed by atoms with Crippen LogP contribution in [0.5, 0.6) is 11.5 Å². The highest BCUT2D eigenvalue weighted by Gasteiger charge is 2.36. The Morgan fingerprint density at radius 1 is 1.25 bits per heavy atom. The molecular weight excluding hydrogens is 434 g/mol. The minimum absolute atomic E-state index is 0.0603. The van der Waals surface area contributed by atoms with Gasteiger partial charge in [-0.15, -0.1) is 0 Å². The molecule has 1 saturated heterocycles. The van der Waals surface area contributed by atoms with Crippen molar-refractivity contribution in [1.82, 2.24) is 14.8 Å². The van der Waals surface area contributed by atoms with Crippen molar-refractivity contribution in [3.05, 3.63) is 35.2 Å². The lowest BCUT2D eigenvalue weighted by atomic mass is 9.85. The van der Waals surface area contributed by atoms with Gasteiger partial charge in [0.15, 0.2) is 5.76 Å². The van der Waals surface area contributed by atoms with Gasteiger partial charge in [-0.3, -0.25) is 4.79 Å². The number of aryl methyl sites for hydroxylation is 2. The molecule has 0 aliphatic carbocycles. The van der Waals surface area contributed by atoms with E-state index in [1.165, 1.54) is 4.31 Å². The van der Waals surface area contributed by atoms with Gasteiger partial charge in [0.2, 0.25) is 15.9 Å². The highest BCUT2D eigenvalue weighted by atomic mass is 32.2. The summed E-state index contributed by atoms with van der Waals surface area (Å²) in [7, 11) is -0.494. The zero-order valence-corrected chi connectivity index (χ0v) is 20.0. The molecule has 0 bridgehead atoms. The summed E-state index contributed by atoms with van der Waals surface area (Å²) in [6.45, 7) is 6.19. The number of benzene rings is 1. The van der Waals surface area contributed by atoms with E-state index in [1.807, 2.05) is 19.1 Å². The lowest BCUT2D eigenvalue weighted by Crippen LogP contribution is -2.42. The number of piperidine rings is 1. The van der Waals surface area contributed by atoms with Crippen LogP contribution in [0.2, 0.25) is 0 Å². The molecule has 1 aromatic carbocycles. The number of ether oxygens (including phenoxy) is 2. The molecule has 1 aliphatic rings. The highest BCUT2D eigenvalue weighted by molar-refractivity contribution is 7.89. The van der Waals surface area contributed by atoms with Crippen LogP contribution in [0.4, 0.5) is 0 Å². The van der Waals surface area contributed by atoms with Gasteiger partial charge in [-0.25, -0.2) is 8.42 Å². The summed E-state index contributed by atoms with van der Waals surface area (Å²) in [5, 5.41) is 6.74. The van der Waals surface area contributed by atoms with Crippen LogP contribution in [0.25, 0.3) is 0 Å². The Hall–Kier alpha value is -2.59. The first-order chi connectivity index (χ1) is 15.2. The second-order valence-electron chi connectivity index (χ2n) is 8.08. The van der Waals surface area contributed by atoms with Crippen LogP contribution in [0, 0.1) is 25.7 Å². The summed E-state index contributed by atoms with van der Waals surface area (Å²) in [4.78, 5) is 12.9. The Morgan fingerprint density at radius 3 is 2.50 bits per heavy atom. The average Bonchev–Trinajstić information content (AvgIpc) is 3.15. The number of aromatic nitrogens is 1. The van der Waals surface area contributed by atoms with Crippen molar-refractivity contribution in [3.63, 3.8) is 0 Å². The Balaban J connectivity index is 1.57. The van der Waals surface area contributed by atoms with E-state index < -0.39 is 10.0 Å². The lowest BCUT2D eigenvalue weighted by molar-refractivity contribution is -0.126. The maximum Gasteiger partial charge on any atom is 0.248 e. The predicted octanol–water partition coefficient (Wildman–Crippen LogP) is 2.66. The van der Waals surface area contributed by atoms with Crippen LogP contribution in [0.15, 0.2) is 27.6 Å². The Kier molecular flexibility index (Phi) is 7.45. The first-order valence-corrected chi connectivity index (χ1v) is 12.0. The first-order valence-electron chi connectivity index (χ1n) is 10.6. The van der Waals surface area contributed by atoms with Gasteiger partial charge in [0.25, 0.3) is 0 Å². The van der Waals surface area contributed by atoms with E-state index in [4.69, 9.17) is 14.0 Å². The van der Waals surface area contributed by atoms with Gasteiger partial charge in [0.05, 0.1) is 14.2 Å². The lowest BCUT2D eigenvalue weighted by Gasteiger charge is -2.33. The van der Waals surface area contributed by atoms with Gasteiger partial charge in [-0.2, -0.15) is 4.31 Å². The van der Waals surface area contributed by atoms with Crippen molar-refractivity contribution in [2.24, 2.45) is 11.8 Å². The maximum absolute atomic E-state index is 13.0. The number of carbonyl (C=O) groups excluding carboxylic acids is 1. The fourth-order valence-electron chi connectivity index (χ4n) is 4.14. The van der Waals surface area contributed by atoms with Gasteiger partial charge in [-0.05, 0) is 44.7 Å². The smallest absolute Gasteiger partial charge is 0.248 e. The fourth-order valence-corrected chi connectivity index (χ4v) is 5.90. The third-order valence-electron chi connectivity index (χ3n) is 6.13. The van der Waals surface area contributed by atoms with Gasteiger partial charge < -0.3 is 19.3 Å². The van der Waals surface area contributed by atoms with E-state index in [-0.39, 0.29) is 22.6 Å². The third-order valence-corrected chi connectivity index (χ3v) is 8.28. The Bertz CT molecular complexity index is 1040. The van der Waals surface area contributed by atoms with Crippen LogP contribution in [0.3, 0.4) is 0 Å². The van der Waals surface area contributed by atoms with Gasteiger partial charge in [0.1, 0.15) is 22.1 Å². The number of rotatable bonds is 8. The fraction of sp³-hybridized carbons (Fsp3) is 0.545. The summed E-state index contributed by atoms with van der Waals surface area (Å²) in [5.41, 5.74) is 1.22. The molecule has 0 unspecified atom stereocenters. The normalized spacial score (nSPS) is 16.5. The van der Waals surface area contributed by atoms with Crippen LogP contribution in [-0.2, 0) is 21.4 Å². The van der Waals surface area contributed by atoms with Gasteiger partial charge in [-0.1, -0.05) is 12.1 Å². The molecule has 0 saturated carbocycles. The molecule has 1 N–H and O–H groups in total. The molecular formula is C22H31N3O6S. The van der Waals surface area contributed by atoms with E-state index in [9.17, 15) is 13.2 Å². The summed E-state index contributed by atoms with van der Waals surface area (Å²) in [6, 6.07) is 5.46. The van der Waals surface area contributed by atoms with Crippen molar-refractivity contribution >= 4 is 15.9 Å². The molecule has 1 atom stereocenters. The first kappa shape index (κ1) is 24.1. The van der Waals surface area contributed by atoms with E-state index in [2.05, 4.69) is 10.5 Å². The van der Waals surface area contributed by atoms with E-state index in [0.29, 0.717) is 55.4 Å². The molecule has 1 fully saturated rings. The topological polar surface area (TPSA) is 111 Å². The number of amides is 1. The van der Waals surface area contributed by atoms with Crippen molar-refractivity contribution in [3.8, 4) is 11.5 Å². The average molecular weight is 466 g/mol. The summed E-state index contributed by atoms with van der Waals surface area (Å²) in [6.07, 6.45) is 1.23. The third kappa shape index (κ3) is 4.91. The minimum Gasteiger partial charge on any atom is -0.497 e. The van der Waals surface area contributed by atoms with Crippen molar-refractivity contribution in [2.75, 3.05) is 27.3 Å². The van der Waals surface area contributed by atoms with E-state index in [1.54, 1.807) is 34.1 Å². The van der Waals surface area contributed by atoms with Crippen LogP contribution in [0.1, 0.15) is 36.8 Å². The van der Waals surface area contributed by atoms with Crippen LogP contribution >= 0.6 is 0 Å².